The van der Waals surface area contributed by atoms with Crippen molar-refractivity contribution in [2.24, 2.45) is 16.3 Å². The maximum Gasteiger partial charge on any atom is 0.338 e. The summed E-state index contributed by atoms with van der Waals surface area (Å²) >= 11 is 1.28. The Morgan fingerprint density at radius 3 is 2.70 bits per heavy atom. The maximum absolute atomic E-state index is 15.5. The van der Waals surface area contributed by atoms with Gasteiger partial charge in [0.15, 0.2) is 10.8 Å². The lowest BCUT2D eigenvalue weighted by Crippen LogP contribution is -2.43. The van der Waals surface area contributed by atoms with Gasteiger partial charge in [0, 0.05) is 43.0 Å². The first kappa shape index (κ1) is 31.6. The number of fused-ring (bicyclic) bond motifs is 1. The lowest BCUT2D eigenvalue weighted by molar-refractivity contribution is -0.149. The van der Waals surface area contributed by atoms with Crippen LogP contribution in [-0.2, 0) is 19.1 Å². The number of nitrogens with zero attached hydrogens (tertiary/aromatic N) is 4. The molecule has 2 aromatic rings. The van der Waals surface area contributed by atoms with E-state index in [1.165, 1.54) is 47.1 Å². The molecular formula is C30H34F3N5O5S. The van der Waals surface area contributed by atoms with Gasteiger partial charge in [-0.15, -0.1) is 11.3 Å². The van der Waals surface area contributed by atoms with Gasteiger partial charge in [-0.2, -0.15) is 0 Å². The largest absolute Gasteiger partial charge is 0.481 e. The number of amides is 1. The summed E-state index contributed by atoms with van der Waals surface area (Å²) in [5, 5.41) is 14.8. The number of benzene rings is 1. The van der Waals surface area contributed by atoms with Gasteiger partial charge in [-0.05, 0) is 51.3 Å². The number of amidine groups is 1. The first-order valence-electron chi connectivity index (χ1n) is 14.3. The van der Waals surface area contributed by atoms with Crippen molar-refractivity contribution in [1.29, 1.82) is 0 Å². The average molecular weight is 634 g/mol. The van der Waals surface area contributed by atoms with Crippen molar-refractivity contribution in [1.82, 2.24) is 20.1 Å². The molecular weight excluding hydrogens is 599 g/mol. The second-order valence-electron chi connectivity index (χ2n) is 11.8. The smallest absolute Gasteiger partial charge is 0.338 e. The van der Waals surface area contributed by atoms with Crippen LogP contribution in [0, 0.1) is 24.1 Å². The second-order valence-corrected chi connectivity index (χ2v) is 12.7. The molecule has 0 saturated carbocycles. The summed E-state index contributed by atoms with van der Waals surface area (Å²) in [6.07, 6.45) is 1.67. The standard InChI is InChI=1S/C30H34F3N5O5S/c1-5-43-27(40)21-19(35-24(25-34-10-12-44-25)36-23(21)17-7-6-8-18(31)16(17)2)13-38-15-30(32,33)22-20(38)14-37(26(22)39)11-9-29(3,4)28(41)42/h6-8,10,12,20,22-23H,5,9,11,13-15H2,1-4H3,(H,35,36)(H,41,42)/t20-,22-,23-/m0/s1. The third-order valence-electron chi connectivity index (χ3n) is 8.52. The molecule has 10 nitrogen and oxygen atoms in total. The number of nitrogens with one attached hydrogen (secondary N) is 1. The van der Waals surface area contributed by atoms with E-state index in [0.29, 0.717) is 16.4 Å². The van der Waals surface area contributed by atoms with Gasteiger partial charge in [0.1, 0.15) is 17.8 Å². The molecule has 0 unspecified atom stereocenters. The lowest BCUT2D eigenvalue weighted by Gasteiger charge is -2.32. The number of carboxylic acids is 1. The number of aliphatic imine (C=N–C) groups is 1. The van der Waals surface area contributed by atoms with Crippen LogP contribution in [0.3, 0.4) is 0 Å². The zero-order valence-corrected chi connectivity index (χ0v) is 25.6. The molecule has 3 atom stereocenters. The van der Waals surface area contributed by atoms with Gasteiger partial charge in [-0.25, -0.2) is 22.9 Å². The molecule has 1 amide bonds. The highest BCUT2D eigenvalue weighted by Crippen LogP contribution is 2.44. The summed E-state index contributed by atoms with van der Waals surface area (Å²) in [6.45, 7) is 5.39. The Morgan fingerprint density at radius 2 is 2.05 bits per heavy atom. The minimum atomic E-state index is -3.36. The van der Waals surface area contributed by atoms with Crippen LogP contribution in [0.5, 0.6) is 0 Å². The Kier molecular flexibility index (Phi) is 8.60. The fourth-order valence-electron chi connectivity index (χ4n) is 5.92. The highest BCUT2D eigenvalue weighted by molar-refractivity contribution is 7.11. The quantitative estimate of drug-likeness (QED) is 0.379. The molecule has 44 heavy (non-hydrogen) atoms. The number of alkyl halides is 2. The number of carbonyl (C=O) groups excluding carboxylic acids is 2. The number of carbonyl (C=O) groups is 3. The summed E-state index contributed by atoms with van der Waals surface area (Å²) < 4.78 is 51.0. The monoisotopic (exact) mass is 633 g/mol. The number of hydrogen-bond donors (Lipinski definition) is 2. The SMILES string of the molecule is CCOC(=O)C1=C(CN2CC(F)(F)[C@@H]3C(=O)N(CCC(C)(C)C(=O)O)C[C@@H]32)NC(c2nccs2)=N[C@H]1c1cccc(F)c1C. The van der Waals surface area contributed by atoms with E-state index < -0.39 is 59.5 Å². The van der Waals surface area contributed by atoms with Crippen molar-refractivity contribution < 1.29 is 37.4 Å². The predicted molar refractivity (Wildman–Crippen MR) is 156 cm³/mol. The summed E-state index contributed by atoms with van der Waals surface area (Å²) in [7, 11) is 0. The summed E-state index contributed by atoms with van der Waals surface area (Å²) in [4.78, 5) is 50.1. The Balaban J connectivity index is 1.52. The fourth-order valence-corrected chi connectivity index (χ4v) is 6.51. The van der Waals surface area contributed by atoms with Crippen LogP contribution < -0.4 is 5.32 Å². The molecule has 14 heteroatoms. The molecule has 3 aliphatic heterocycles. The lowest BCUT2D eigenvalue weighted by atomic mass is 9.89. The van der Waals surface area contributed by atoms with Crippen molar-refractivity contribution in [2.75, 3.05) is 32.8 Å². The third kappa shape index (κ3) is 5.84. The van der Waals surface area contributed by atoms with Gasteiger partial charge in [0.05, 0.1) is 24.1 Å². The normalized spacial score (nSPS) is 23.4. The molecule has 2 saturated heterocycles. The van der Waals surface area contributed by atoms with E-state index in [9.17, 15) is 23.9 Å². The Bertz CT molecular complexity index is 1530. The van der Waals surface area contributed by atoms with Gasteiger partial charge in [0.2, 0.25) is 5.91 Å². The number of ether oxygens (including phenoxy) is 1. The molecule has 4 heterocycles. The van der Waals surface area contributed by atoms with Crippen molar-refractivity contribution in [3.05, 3.63) is 63.0 Å². The topological polar surface area (TPSA) is 124 Å². The van der Waals surface area contributed by atoms with Crippen molar-refractivity contribution in [2.45, 2.75) is 52.1 Å². The molecule has 0 spiro atoms. The van der Waals surface area contributed by atoms with Crippen LogP contribution in [0.25, 0.3) is 0 Å². The van der Waals surface area contributed by atoms with E-state index >= 15 is 8.78 Å². The molecule has 3 aliphatic rings. The number of aliphatic carboxylic acids is 1. The molecule has 1 aromatic carbocycles. The first-order valence-corrected chi connectivity index (χ1v) is 15.2. The summed E-state index contributed by atoms with van der Waals surface area (Å²) in [6, 6.07) is 2.56. The third-order valence-corrected chi connectivity index (χ3v) is 9.30. The van der Waals surface area contributed by atoms with Gasteiger partial charge in [0.25, 0.3) is 5.92 Å². The molecule has 0 radical (unpaired) electrons. The predicted octanol–water partition coefficient (Wildman–Crippen LogP) is 3.78. The van der Waals surface area contributed by atoms with E-state index in [0.717, 1.165) is 0 Å². The van der Waals surface area contributed by atoms with Crippen molar-refractivity contribution >= 4 is 35.0 Å². The number of thiazole rings is 1. The van der Waals surface area contributed by atoms with E-state index in [1.807, 2.05) is 0 Å². The van der Waals surface area contributed by atoms with Crippen LogP contribution in [0.2, 0.25) is 0 Å². The Morgan fingerprint density at radius 1 is 1.30 bits per heavy atom. The molecule has 5 rings (SSSR count). The van der Waals surface area contributed by atoms with Gasteiger partial charge < -0.3 is 20.1 Å². The molecule has 1 aromatic heterocycles. The average Bonchev–Trinajstić information content (AvgIpc) is 3.66. The van der Waals surface area contributed by atoms with E-state index in [2.05, 4.69) is 10.3 Å². The van der Waals surface area contributed by atoms with Crippen LogP contribution in [0.1, 0.15) is 49.4 Å². The number of halogens is 3. The van der Waals surface area contributed by atoms with E-state index in [1.54, 1.807) is 31.5 Å². The highest BCUT2D eigenvalue weighted by Gasteiger charge is 2.62. The minimum Gasteiger partial charge on any atom is -0.481 e. The summed E-state index contributed by atoms with van der Waals surface area (Å²) in [5.41, 5.74) is -0.157. The first-order chi connectivity index (χ1) is 20.7. The molecule has 236 valence electrons. The molecule has 2 N–H and O–H groups in total. The second kappa shape index (κ2) is 12.0. The zero-order valence-electron chi connectivity index (χ0n) is 24.8. The van der Waals surface area contributed by atoms with Crippen LogP contribution in [0.4, 0.5) is 13.2 Å². The molecule has 2 fully saturated rings. The van der Waals surface area contributed by atoms with E-state index in [4.69, 9.17) is 9.73 Å². The highest BCUT2D eigenvalue weighted by atomic mass is 32.1. The van der Waals surface area contributed by atoms with Gasteiger partial charge in [-0.1, -0.05) is 12.1 Å². The van der Waals surface area contributed by atoms with Crippen LogP contribution in [-0.4, -0.2) is 88.3 Å². The van der Waals surface area contributed by atoms with E-state index in [-0.39, 0.29) is 49.5 Å². The number of rotatable bonds is 10. The number of carboxylic acid groups (broad SMARTS) is 1. The molecule has 0 aliphatic carbocycles. The Hall–Kier alpha value is -3.78. The number of aromatic nitrogens is 1. The van der Waals surface area contributed by atoms with Gasteiger partial charge >= 0.3 is 11.9 Å². The van der Waals surface area contributed by atoms with Crippen molar-refractivity contribution in [3.63, 3.8) is 0 Å². The molecule has 0 bridgehead atoms. The minimum absolute atomic E-state index is 0.0172. The van der Waals surface area contributed by atoms with Crippen LogP contribution in [0.15, 0.2) is 46.0 Å². The fraction of sp³-hybridized carbons (Fsp3) is 0.500. The number of likely N-dealkylation sites (tertiary alicyclic amines) is 2. The number of esters is 1. The maximum atomic E-state index is 15.5. The number of hydrogen-bond acceptors (Lipinski definition) is 9. The van der Waals surface area contributed by atoms with Crippen LogP contribution >= 0.6 is 11.3 Å². The van der Waals surface area contributed by atoms with Gasteiger partial charge in [-0.3, -0.25) is 19.5 Å². The zero-order chi connectivity index (χ0) is 32.0. The summed E-state index contributed by atoms with van der Waals surface area (Å²) in [5.74, 6) is -7.67. The van der Waals surface area contributed by atoms with Crippen molar-refractivity contribution in [3.8, 4) is 0 Å². The Labute approximate surface area is 256 Å².